The highest BCUT2D eigenvalue weighted by molar-refractivity contribution is 5.92. The summed E-state index contributed by atoms with van der Waals surface area (Å²) in [5.41, 5.74) is 2.82. The van der Waals surface area contributed by atoms with Crippen molar-refractivity contribution in [1.29, 1.82) is 0 Å². The zero-order valence-electron chi connectivity index (χ0n) is 18.8. The van der Waals surface area contributed by atoms with E-state index in [1.54, 1.807) is 32.4 Å². The third kappa shape index (κ3) is 3.76. The Labute approximate surface area is 190 Å². The van der Waals surface area contributed by atoms with E-state index in [-0.39, 0.29) is 22.5 Å². The maximum absolute atomic E-state index is 14.6. The summed E-state index contributed by atoms with van der Waals surface area (Å²) in [5.74, 6) is -0.712. The molecule has 0 spiro atoms. The Balaban J connectivity index is 1.32. The number of anilines is 1. The van der Waals surface area contributed by atoms with Crippen molar-refractivity contribution in [2.24, 2.45) is 0 Å². The van der Waals surface area contributed by atoms with Crippen LogP contribution in [-0.4, -0.2) is 58.0 Å². The molecule has 0 bridgehead atoms. The molecule has 3 aromatic rings. The molecule has 1 saturated carbocycles. The zero-order chi connectivity index (χ0) is 23.1. The molecule has 1 amide bonds. The van der Waals surface area contributed by atoms with Crippen molar-refractivity contribution >= 4 is 22.6 Å². The topological polar surface area (TPSA) is 94.2 Å². The lowest BCUT2D eigenvalue weighted by Crippen LogP contribution is -2.64. The number of amides is 1. The molecule has 2 N–H and O–H groups in total. The number of pyridine rings is 3. The average molecular weight is 451 g/mol. The Morgan fingerprint density at radius 1 is 1.21 bits per heavy atom. The minimum atomic E-state index is -0.522. The molecular weight excluding hydrogens is 423 g/mol. The molecule has 5 rings (SSSR count). The van der Waals surface area contributed by atoms with Crippen LogP contribution in [0.25, 0.3) is 11.0 Å². The second-order valence-electron chi connectivity index (χ2n) is 8.70. The molecule has 2 aliphatic rings. The van der Waals surface area contributed by atoms with Gasteiger partial charge in [0.2, 0.25) is 0 Å². The number of nitrogens with zero attached hydrogens (tertiary/aromatic N) is 4. The van der Waals surface area contributed by atoms with Gasteiger partial charge in [-0.1, -0.05) is 6.92 Å². The summed E-state index contributed by atoms with van der Waals surface area (Å²) in [4.78, 5) is 40.2. The molecule has 172 valence electrons. The Bertz CT molecular complexity index is 1260. The first-order valence-electron chi connectivity index (χ1n) is 11.4. The second-order valence-corrected chi connectivity index (χ2v) is 8.70. The maximum atomic E-state index is 14.6. The summed E-state index contributed by atoms with van der Waals surface area (Å²) in [6, 6.07) is 6.37. The molecular formula is C24H27FN6O2. The van der Waals surface area contributed by atoms with Crippen LogP contribution >= 0.6 is 0 Å². The molecule has 2 fully saturated rings. The van der Waals surface area contributed by atoms with Crippen LogP contribution in [0.5, 0.6) is 0 Å². The van der Waals surface area contributed by atoms with E-state index >= 15 is 0 Å². The molecule has 1 aliphatic heterocycles. The molecule has 4 heterocycles. The minimum Gasteiger partial charge on any atom is -0.364 e. The molecule has 2 atom stereocenters. The molecule has 8 nitrogen and oxygen atoms in total. The molecule has 0 aromatic carbocycles. The van der Waals surface area contributed by atoms with Gasteiger partial charge in [-0.3, -0.25) is 19.5 Å². The number of halogens is 1. The van der Waals surface area contributed by atoms with Crippen molar-refractivity contribution in [1.82, 2.24) is 25.2 Å². The quantitative estimate of drug-likeness (QED) is 0.619. The van der Waals surface area contributed by atoms with Gasteiger partial charge in [0, 0.05) is 45.0 Å². The zero-order valence-corrected chi connectivity index (χ0v) is 18.8. The number of hydrogen-bond acceptors (Lipinski definition) is 6. The summed E-state index contributed by atoms with van der Waals surface area (Å²) in [5, 5.41) is 2.59. The van der Waals surface area contributed by atoms with E-state index in [2.05, 4.69) is 30.1 Å². The Hall–Kier alpha value is -3.33. The molecule has 2 unspecified atom stereocenters. The van der Waals surface area contributed by atoms with E-state index in [1.165, 1.54) is 0 Å². The third-order valence-corrected chi connectivity index (χ3v) is 6.92. The lowest BCUT2D eigenvalue weighted by Gasteiger charge is -2.54. The SMILES string of the molecule is CCc1c(F)c2ncc(CN3CCN(c4ccc(C(=O)NC)nc4)C4CCC43)cc2[nH]c1=O. The lowest BCUT2D eigenvalue weighted by atomic mass is 9.81. The fourth-order valence-electron chi connectivity index (χ4n) is 5.01. The molecule has 1 aliphatic carbocycles. The third-order valence-electron chi connectivity index (χ3n) is 6.92. The highest BCUT2D eigenvalue weighted by Crippen LogP contribution is 2.37. The summed E-state index contributed by atoms with van der Waals surface area (Å²) in [7, 11) is 1.59. The number of piperazine rings is 1. The number of carbonyl (C=O) groups excluding carboxylic acids is 1. The van der Waals surface area contributed by atoms with Crippen LogP contribution in [0.4, 0.5) is 10.1 Å². The first kappa shape index (κ1) is 21.5. The first-order valence-corrected chi connectivity index (χ1v) is 11.4. The van der Waals surface area contributed by atoms with Crippen molar-refractivity contribution in [2.75, 3.05) is 25.0 Å². The number of hydrogen-bond donors (Lipinski definition) is 2. The first-order chi connectivity index (χ1) is 16.0. The van der Waals surface area contributed by atoms with Gasteiger partial charge in [0.05, 0.1) is 23.0 Å². The Kier molecular flexibility index (Phi) is 5.57. The number of fused-ring (bicyclic) bond motifs is 2. The second kappa shape index (κ2) is 8.55. The van der Waals surface area contributed by atoms with Crippen molar-refractivity contribution in [3.8, 4) is 0 Å². The highest BCUT2D eigenvalue weighted by Gasteiger charge is 2.43. The van der Waals surface area contributed by atoms with Crippen molar-refractivity contribution in [3.05, 3.63) is 63.6 Å². The van der Waals surface area contributed by atoms with Crippen molar-refractivity contribution in [3.63, 3.8) is 0 Å². The number of rotatable bonds is 5. The standard InChI is InChI=1S/C24H27FN6O2/c1-3-16-21(25)22-18(29-23(16)32)10-14(11-28-22)13-30-8-9-31(20-7-6-19(20)30)15-4-5-17(27-12-15)24(33)26-2/h4-5,10-12,19-20H,3,6-9,13H2,1-2H3,(H,26,33)(H,29,32). The summed E-state index contributed by atoms with van der Waals surface area (Å²) in [6.07, 6.45) is 6.03. The predicted molar refractivity (Wildman–Crippen MR) is 124 cm³/mol. The fourth-order valence-corrected chi connectivity index (χ4v) is 5.01. The van der Waals surface area contributed by atoms with Gasteiger partial charge >= 0.3 is 0 Å². The number of nitrogens with one attached hydrogen (secondary N) is 2. The van der Waals surface area contributed by atoms with Gasteiger partial charge in [0.1, 0.15) is 11.2 Å². The fraction of sp³-hybridized carbons (Fsp3) is 0.417. The molecule has 0 radical (unpaired) electrons. The predicted octanol–water partition coefficient (Wildman–Crippen LogP) is 2.23. The Morgan fingerprint density at radius 2 is 2.03 bits per heavy atom. The van der Waals surface area contributed by atoms with Crippen molar-refractivity contribution in [2.45, 2.75) is 44.8 Å². The van der Waals surface area contributed by atoms with Gasteiger partial charge < -0.3 is 15.2 Å². The van der Waals surface area contributed by atoms with E-state index in [0.717, 1.165) is 37.2 Å². The van der Waals surface area contributed by atoms with Crippen LogP contribution in [0.2, 0.25) is 0 Å². The largest absolute Gasteiger partial charge is 0.364 e. The van der Waals surface area contributed by atoms with Crippen LogP contribution in [0.1, 0.15) is 41.4 Å². The van der Waals surface area contributed by atoms with E-state index in [9.17, 15) is 14.0 Å². The van der Waals surface area contributed by atoms with Crippen molar-refractivity contribution < 1.29 is 9.18 Å². The van der Waals surface area contributed by atoms with Gasteiger partial charge in [-0.15, -0.1) is 0 Å². The van der Waals surface area contributed by atoms with Gasteiger partial charge in [-0.25, -0.2) is 9.37 Å². The van der Waals surface area contributed by atoms with Crippen LogP contribution in [0, 0.1) is 5.82 Å². The summed E-state index contributed by atoms with van der Waals surface area (Å²) < 4.78 is 14.6. The van der Waals surface area contributed by atoms with Crippen LogP contribution in [-0.2, 0) is 13.0 Å². The van der Waals surface area contributed by atoms with Crippen LogP contribution in [0.15, 0.2) is 35.4 Å². The Morgan fingerprint density at radius 3 is 2.70 bits per heavy atom. The van der Waals surface area contributed by atoms with Crippen LogP contribution in [0.3, 0.4) is 0 Å². The minimum absolute atomic E-state index is 0.147. The summed E-state index contributed by atoms with van der Waals surface area (Å²) in [6.45, 7) is 4.18. The summed E-state index contributed by atoms with van der Waals surface area (Å²) >= 11 is 0. The van der Waals surface area contributed by atoms with Gasteiger partial charge in [-0.2, -0.15) is 0 Å². The maximum Gasteiger partial charge on any atom is 0.269 e. The highest BCUT2D eigenvalue weighted by atomic mass is 19.1. The smallest absolute Gasteiger partial charge is 0.269 e. The van der Waals surface area contributed by atoms with Gasteiger partial charge in [0.25, 0.3) is 11.5 Å². The molecule has 9 heteroatoms. The molecule has 33 heavy (non-hydrogen) atoms. The number of H-pyrrole nitrogens is 1. The van der Waals surface area contributed by atoms with Crippen LogP contribution < -0.4 is 15.8 Å². The van der Waals surface area contributed by atoms with Gasteiger partial charge in [0.15, 0.2) is 5.82 Å². The lowest BCUT2D eigenvalue weighted by molar-refractivity contribution is 0.0658. The van der Waals surface area contributed by atoms with E-state index < -0.39 is 5.82 Å². The molecule has 1 saturated heterocycles. The number of aromatic nitrogens is 3. The molecule has 3 aromatic heterocycles. The van der Waals surface area contributed by atoms with E-state index in [4.69, 9.17) is 0 Å². The van der Waals surface area contributed by atoms with E-state index in [1.807, 2.05) is 12.1 Å². The number of carbonyl (C=O) groups is 1. The average Bonchev–Trinajstić information content (AvgIpc) is 2.79. The number of aromatic amines is 1. The normalized spacial score (nSPS) is 20.4. The van der Waals surface area contributed by atoms with E-state index in [0.29, 0.717) is 36.3 Å². The van der Waals surface area contributed by atoms with Gasteiger partial charge in [-0.05, 0) is 43.0 Å². The monoisotopic (exact) mass is 450 g/mol.